The molecule has 0 saturated heterocycles. The lowest BCUT2D eigenvalue weighted by molar-refractivity contribution is -0.148. The van der Waals surface area contributed by atoms with E-state index in [0.29, 0.717) is 17.8 Å². The van der Waals surface area contributed by atoms with Crippen molar-refractivity contribution < 1.29 is 19.1 Å². The van der Waals surface area contributed by atoms with E-state index in [-0.39, 0.29) is 12.6 Å². The summed E-state index contributed by atoms with van der Waals surface area (Å²) in [7, 11) is 1.36. The number of benzene rings is 2. The van der Waals surface area contributed by atoms with E-state index < -0.39 is 17.7 Å². The van der Waals surface area contributed by atoms with Crippen LogP contribution in [0.3, 0.4) is 0 Å². The minimum Gasteiger partial charge on any atom is -0.464 e. The van der Waals surface area contributed by atoms with Crippen molar-refractivity contribution in [2.24, 2.45) is 0 Å². The Morgan fingerprint density at radius 2 is 1.81 bits per heavy atom. The van der Waals surface area contributed by atoms with E-state index in [1.807, 2.05) is 54.6 Å². The van der Waals surface area contributed by atoms with Crippen molar-refractivity contribution in [1.29, 1.82) is 0 Å². The van der Waals surface area contributed by atoms with E-state index in [2.05, 4.69) is 5.32 Å². The summed E-state index contributed by atoms with van der Waals surface area (Å²) in [6.45, 7) is 3.87. The maximum Gasteiger partial charge on any atom is 0.414 e. The normalized spacial score (nSPS) is 21.4. The van der Waals surface area contributed by atoms with Crippen molar-refractivity contribution in [2.75, 3.05) is 23.9 Å². The van der Waals surface area contributed by atoms with Gasteiger partial charge in [0.05, 0.1) is 31.1 Å². The molecule has 1 N–H and O–H groups in total. The summed E-state index contributed by atoms with van der Waals surface area (Å²) in [6, 6.07) is 16.6. The van der Waals surface area contributed by atoms with Crippen LogP contribution in [0.2, 0.25) is 0 Å². The number of amides is 1. The second kappa shape index (κ2) is 7.70. The highest BCUT2D eigenvalue weighted by molar-refractivity contribution is 5.96. The molecule has 0 aliphatic carbocycles. The number of methoxy groups -OCH3 is 1. The van der Waals surface area contributed by atoms with Crippen molar-refractivity contribution in [2.45, 2.75) is 31.8 Å². The van der Waals surface area contributed by atoms with Crippen LogP contribution in [0.4, 0.5) is 16.2 Å². The molecule has 1 heterocycles. The maximum absolute atomic E-state index is 12.8. The molecular weight excluding hydrogens is 344 g/mol. The lowest BCUT2D eigenvalue weighted by Crippen LogP contribution is -2.46. The van der Waals surface area contributed by atoms with Crippen molar-refractivity contribution >= 4 is 23.4 Å². The van der Waals surface area contributed by atoms with E-state index >= 15 is 0 Å². The number of nitrogens with zero attached hydrogens (tertiary/aromatic N) is 1. The average molecular weight is 368 g/mol. The molecule has 6 nitrogen and oxygen atoms in total. The lowest BCUT2D eigenvalue weighted by Gasteiger charge is -2.33. The molecule has 0 radical (unpaired) electrons. The van der Waals surface area contributed by atoms with Gasteiger partial charge in [0.2, 0.25) is 0 Å². The van der Waals surface area contributed by atoms with Crippen molar-refractivity contribution in [1.82, 2.24) is 0 Å². The molecule has 2 unspecified atom stereocenters. The number of nitrogens with one attached hydrogen (secondary N) is 1. The van der Waals surface area contributed by atoms with Crippen LogP contribution in [0.5, 0.6) is 0 Å². The second-order valence-corrected chi connectivity index (χ2v) is 6.67. The first kappa shape index (κ1) is 18.8. The molecule has 0 saturated carbocycles. The molecule has 6 heteroatoms. The number of hydrogen-bond acceptors (Lipinski definition) is 5. The number of fused-ring (bicyclic) bond motifs is 1. The molecule has 2 aromatic carbocycles. The van der Waals surface area contributed by atoms with Gasteiger partial charge in [0.1, 0.15) is 5.54 Å². The van der Waals surface area contributed by atoms with Gasteiger partial charge in [-0.2, -0.15) is 0 Å². The van der Waals surface area contributed by atoms with E-state index in [1.54, 1.807) is 18.7 Å². The highest BCUT2D eigenvalue weighted by Crippen LogP contribution is 2.43. The quantitative estimate of drug-likeness (QED) is 0.825. The highest BCUT2D eigenvalue weighted by atomic mass is 16.5. The Labute approximate surface area is 159 Å². The van der Waals surface area contributed by atoms with Crippen LogP contribution in [0.15, 0.2) is 54.6 Å². The molecule has 0 aromatic heterocycles. The summed E-state index contributed by atoms with van der Waals surface area (Å²) < 4.78 is 10.4. The number of carbonyl (C=O) groups excluding carboxylic acids is 2. The number of para-hydroxylation sites is 2. The van der Waals surface area contributed by atoms with Gasteiger partial charge in [-0.3, -0.25) is 4.90 Å². The second-order valence-electron chi connectivity index (χ2n) is 6.67. The Morgan fingerprint density at radius 1 is 1.15 bits per heavy atom. The van der Waals surface area contributed by atoms with Crippen LogP contribution in [-0.2, 0) is 14.3 Å². The summed E-state index contributed by atoms with van der Waals surface area (Å²) in [5.41, 5.74) is 1.25. The zero-order valence-electron chi connectivity index (χ0n) is 15.8. The maximum atomic E-state index is 12.8. The molecule has 0 fully saturated rings. The molecule has 1 aliphatic rings. The fourth-order valence-electron chi connectivity index (χ4n) is 3.47. The molecule has 3 rings (SSSR count). The monoisotopic (exact) mass is 368 g/mol. The minimum absolute atomic E-state index is 0.286. The van der Waals surface area contributed by atoms with Crippen LogP contribution >= 0.6 is 0 Å². The van der Waals surface area contributed by atoms with Crippen LogP contribution in [0, 0.1) is 0 Å². The van der Waals surface area contributed by atoms with Gasteiger partial charge in [-0.1, -0.05) is 42.5 Å². The third-order valence-electron chi connectivity index (χ3n) is 4.77. The summed E-state index contributed by atoms with van der Waals surface area (Å²) >= 11 is 0. The molecule has 27 heavy (non-hydrogen) atoms. The van der Waals surface area contributed by atoms with Gasteiger partial charge in [0.15, 0.2) is 0 Å². The molecule has 2 aromatic rings. The predicted octanol–water partition coefficient (Wildman–Crippen LogP) is 4.14. The van der Waals surface area contributed by atoms with Gasteiger partial charge in [-0.15, -0.1) is 0 Å². The Hall–Kier alpha value is -3.02. The number of anilines is 2. The van der Waals surface area contributed by atoms with E-state index in [4.69, 9.17) is 9.47 Å². The first-order valence-corrected chi connectivity index (χ1v) is 8.96. The third kappa shape index (κ3) is 3.60. The van der Waals surface area contributed by atoms with Crippen LogP contribution in [0.1, 0.15) is 31.9 Å². The van der Waals surface area contributed by atoms with Crippen LogP contribution < -0.4 is 10.2 Å². The van der Waals surface area contributed by atoms with Gasteiger partial charge < -0.3 is 14.8 Å². The summed E-state index contributed by atoms with van der Waals surface area (Å²) in [4.78, 5) is 27.1. The SMILES string of the molecule is CCOC(=O)C1(C)CC(c2ccccc2)N(C(=O)OC)c2ccccc2N1. The fraction of sp³-hybridized carbons (Fsp3) is 0.333. The number of carbonyl (C=O) groups is 2. The first-order chi connectivity index (χ1) is 13.0. The Morgan fingerprint density at radius 3 is 2.48 bits per heavy atom. The Kier molecular flexibility index (Phi) is 5.35. The largest absolute Gasteiger partial charge is 0.464 e. The van der Waals surface area contributed by atoms with Crippen LogP contribution in [0.25, 0.3) is 0 Å². The van der Waals surface area contributed by atoms with Crippen molar-refractivity contribution in [3.63, 3.8) is 0 Å². The van der Waals surface area contributed by atoms with E-state index in [9.17, 15) is 9.59 Å². The Balaban J connectivity index is 2.18. The molecule has 142 valence electrons. The molecule has 1 amide bonds. The van der Waals surface area contributed by atoms with Gasteiger partial charge in [0.25, 0.3) is 0 Å². The molecular formula is C21H24N2O4. The summed E-state index contributed by atoms with van der Waals surface area (Å²) in [5, 5.41) is 3.31. The standard InChI is InChI=1S/C21H24N2O4/c1-4-27-19(24)21(2)14-18(15-10-6-5-7-11-15)23(20(25)26-3)17-13-9-8-12-16(17)22-21/h5-13,18,22H,4,14H2,1-3H3. The summed E-state index contributed by atoms with van der Waals surface area (Å²) in [6.07, 6.45) is -0.147. The smallest absolute Gasteiger partial charge is 0.414 e. The summed E-state index contributed by atoms with van der Waals surface area (Å²) in [5.74, 6) is -0.354. The number of hydrogen-bond donors (Lipinski definition) is 1. The van der Waals surface area contributed by atoms with E-state index in [0.717, 1.165) is 5.56 Å². The molecule has 0 bridgehead atoms. The van der Waals surface area contributed by atoms with E-state index in [1.165, 1.54) is 7.11 Å². The number of esters is 1. The zero-order valence-corrected chi connectivity index (χ0v) is 15.8. The third-order valence-corrected chi connectivity index (χ3v) is 4.77. The molecule has 1 aliphatic heterocycles. The zero-order chi connectivity index (χ0) is 19.4. The van der Waals surface area contributed by atoms with Gasteiger partial charge in [0, 0.05) is 6.42 Å². The lowest BCUT2D eigenvalue weighted by atomic mass is 9.89. The fourth-order valence-corrected chi connectivity index (χ4v) is 3.47. The highest BCUT2D eigenvalue weighted by Gasteiger charge is 2.44. The van der Waals surface area contributed by atoms with Gasteiger partial charge in [-0.05, 0) is 31.5 Å². The first-order valence-electron chi connectivity index (χ1n) is 8.96. The Bertz CT molecular complexity index is 824. The van der Waals surface area contributed by atoms with Crippen LogP contribution in [-0.4, -0.2) is 31.3 Å². The number of rotatable bonds is 3. The van der Waals surface area contributed by atoms with Crippen molar-refractivity contribution in [3.8, 4) is 0 Å². The molecule has 2 atom stereocenters. The number of ether oxygens (including phenoxy) is 2. The molecule has 0 spiro atoms. The van der Waals surface area contributed by atoms with Crippen molar-refractivity contribution in [3.05, 3.63) is 60.2 Å². The van der Waals surface area contributed by atoms with Gasteiger partial charge in [-0.25, -0.2) is 9.59 Å². The topological polar surface area (TPSA) is 67.9 Å². The average Bonchev–Trinajstić information content (AvgIpc) is 2.82. The minimum atomic E-state index is -1.00. The van der Waals surface area contributed by atoms with Gasteiger partial charge >= 0.3 is 12.1 Å². The predicted molar refractivity (Wildman–Crippen MR) is 104 cm³/mol.